The van der Waals surface area contributed by atoms with E-state index in [1.165, 1.54) is 0 Å². The molecule has 0 aliphatic rings. The van der Waals surface area contributed by atoms with Gasteiger partial charge in [-0.25, -0.2) is 0 Å². The summed E-state index contributed by atoms with van der Waals surface area (Å²) in [6.07, 6.45) is 1.24. The summed E-state index contributed by atoms with van der Waals surface area (Å²) in [5.74, 6) is 0.389. The zero-order valence-corrected chi connectivity index (χ0v) is 17.9. The lowest BCUT2D eigenvalue weighted by Crippen LogP contribution is -2.51. The smallest absolute Gasteiger partial charge is 0.261 e. The minimum atomic E-state index is -0.506. The number of likely N-dealkylation sites (N-methyl/N-ethyl adjacent to an activating group) is 1. The topological polar surface area (TPSA) is 58.6 Å². The van der Waals surface area contributed by atoms with Crippen molar-refractivity contribution in [3.05, 3.63) is 65.2 Å². The van der Waals surface area contributed by atoms with Gasteiger partial charge in [0.1, 0.15) is 11.8 Å². The molecular formula is C24H32N2O3. The molecule has 1 unspecified atom stereocenters. The number of hydrogen-bond donors (Lipinski definition) is 1. The number of carbonyl (C=O) groups excluding carboxylic acids is 2. The predicted molar refractivity (Wildman–Crippen MR) is 116 cm³/mol. The highest BCUT2D eigenvalue weighted by atomic mass is 16.5. The molecule has 0 aromatic heterocycles. The van der Waals surface area contributed by atoms with Crippen molar-refractivity contribution in [2.75, 3.05) is 19.7 Å². The van der Waals surface area contributed by atoms with E-state index in [1.807, 2.05) is 76.2 Å². The minimum Gasteiger partial charge on any atom is -0.483 e. The maximum absolute atomic E-state index is 13.0. The van der Waals surface area contributed by atoms with E-state index in [0.29, 0.717) is 31.7 Å². The van der Waals surface area contributed by atoms with E-state index in [1.54, 1.807) is 4.90 Å². The summed E-state index contributed by atoms with van der Waals surface area (Å²) in [5, 5.41) is 2.85. The van der Waals surface area contributed by atoms with Gasteiger partial charge >= 0.3 is 0 Å². The van der Waals surface area contributed by atoms with E-state index in [-0.39, 0.29) is 18.4 Å². The van der Waals surface area contributed by atoms with Crippen LogP contribution in [0.2, 0.25) is 0 Å². The van der Waals surface area contributed by atoms with Crippen LogP contribution >= 0.6 is 0 Å². The molecule has 0 bridgehead atoms. The fourth-order valence-corrected chi connectivity index (χ4v) is 3.37. The van der Waals surface area contributed by atoms with E-state index >= 15 is 0 Å². The van der Waals surface area contributed by atoms with Crippen LogP contribution in [-0.4, -0.2) is 42.5 Å². The van der Waals surface area contributed by atoms with Crippen molar-refractivity contribution >= 4 is 11.8 Å². The Balaban J connectivity index is 2.12. The molecule has 5 heteroatoms. The third-order valence-electron chi connectivity index (χ3n) is 4.90. The van der Waals surface area contributed by atoms with Gasteiger partial charge in [-0.2, -0.15) is 0 Å². The second kappa shape index (κ2) is 11.2. The molecule has 0 aliphatic heterocycles. The summed E-state index contributed by atoms with van der Waals surface area (Å²) in [6, 6.07) is 15.3. The molecule has 1 N–H and O–H groups in total. The molecule has 0 spiro atoms. The van der Waals surface area contributed by atoms with E-state index in [4.69, 9.17) is 4.74 Å². The highest BCUT2D eigenvalue weighted by Crippen LogP contribution is 2.19. The minimum absolute atomic E-state index is 0.0887. The maximum Gasteiger partial charge on any atom is 0.261 e. The van der Waals surface area contributed by atoms with Crippen molar-refractivity contribution in [2.24, 2.45) is 0 Å². The number of benzene rings is 2. The van der Waals surface area contributed by atoms with Gasteiger partial charge in [0.2, 0.25) is 5.91 Å². The molecule has 0 saturated carbocycles. The zero-order valence-electron chi connectivity index (χ0n) is 17.9. The molecule has 29 heavy (non-hydrogen) atoms. The largest absolute Gasteiger partial charge is 0.483 e. The summed E-state index contributed by atoms with van der Waals surface area (Å²) >= 11 is 0. The first-order valence-corrected chi connectivity index (χ1v) is 10.3. The molecule has 0 aliphatic carbocycles. The predicted octanol–water partition coefficient (Wildman–Crippen LogP) is 3.67. The quantitative estimate of drug-likeness (QED) is 0.667. The van der Waals surface area contributed by atoms with E-state index in [2.05, 4.69) is 5.32 Å². The first-order valence-electron chi connectivity index (χ1n) is 10.3. The number of ether oxygens (including phenoxy) is 1. The van der Waals surface area contributed by atoms with Gasteiger partial charge < -0.3 is 15.0 Å². The summed E-state index contributed by atoms with van der Waals surface area (Å²) < 4.78 is 5.80. The SMILES string of the molecule is CCNC(=O)C(CC)N(CCc1ccccc1)C(=O)COc1ccc(C)cc1C. The van der Waals surface area contributed by atoms with Crippen LogP contribution in [-0.2, 0) is 16.0 Å². The van der Waals surface area contributed by atoms with E-state index in [0.717, 1.165) is 16.7 Å². The average molecular weight is 397 g/mol. The number of rotatable bonds is 10. The molecule has 2 aromatic rings. The van der Waals surface area contributed by atoms with Crippen LogP contribution in [0.15, 0.2) is 48.5 Å². The van der Waals surface area contributed by atoms with Crippen LogP contribution in [0.1, 0.15) is 37.0 Å². The fourth-order valence-electron chi connectivity index (χ4n) is 3.37. The van der Waals surface area contributed by atoms with Crippen LogP contribution in [0.3, 0.4) is 0 Å². The highest BCUT2D eigenvalue weighted by Gasteiger charge is 2.28. The molecule has 156 valence electrons. The molecule has 2 aromatic carbocycles. The Labute approximate surface area is 174 Å². The van der Waals surface area contributed by atoms with Crippen LogP contribution in [0.5, 0.6) is 5.75 Å². The Kier molecular flexibility index (Phi) is 8.71. The molecule has 2 amide bonds. The number of hydrogen-bond acceptors (Lipinski definition) is 3. The Hall–Kier alpha value is -2.82. The van der Waals surface area contributed by atoms with Crippen molar-refractivity contribution in [3.8, 4) is 5.75 Å². The van der Waals surface area contributed by atoms with Crippen molar-refractivity contribution < 1.29 is 14.3 Å². The number of carbonyl (C=O) groups is 2. The first kappa shape index (κ1) is 22.5. The lowest BCUT2D eigenvalue weighted by Gasteiger charge is -2.30. The van der Waals surface area contributed by atoms with Gasteiger partial charge in [0.25, 0.3) is 5.91 Å². The molecular weight excluding hydrogens is 364 g/mol. The normalized spacial score (nSPS) is 11.6. The van der Waals surface area contributed by atoms with Crippen LogP contribution in [0.4, 0.5) is 0 Å². The van der Waals surface area contributed by atoms with Crippen LogP contribution < -0.4 is 10.1 Å². The molecule has 5 nitrogen and oxygen atoms in total. The molecule has 2 rings (SSSR count). The summed E-state index contributed by atoms with van der Waals surface area (Å²) in [4.78, 5) is 27.3. The number of amides is 2. The second-order valence-corrected chi connectivity index (χ2v) is 7.20. The van der Waals surface area contributed by atoms with Crippen LogP contribution in [0, 0.1) is 13.8 Å². The van der Waals surface area contributed by atoms with Gasteiger partial charge in [-0.15, -0.1) is 0 Å². The van der Waals surface area contributed by atoms with Gasteiger partial charge in [-0.1, -0.05) is 55.0 Å². The Morgan fingerprint density at radius 3 is 2.41 bits per heavy atom. The summed E-state index contributed by atoms with van der Waals surface area (Å²) in [7, 11) is 0. The van der Waals surface area contributed by atoms with Gasteiger partial charge in [0.15, 0.2) is 6.61 Å². The lowest BCUT2D eigenvalue weighted by molar-refractivity contribution is -0.142. The van der Waals surface area contributed by atoms with Crippen LogP contribution in [0.25, 0.3) is 0 Å². The van der Waals surface area contributed by atoms with Crippen molar-refractivity contribution in [3.63, 3.8) is 0 Å². The van der Waals surface area contributed by atoms with Gasteiger partial charge in [0, 0.05) is 13.1 Å². The number of nitrogens with one attached hydrogen (secondary N) is 1. The molecule has 0 fully saturated rings. The van der Waals surface area contributed by atoms with E-state index in [9.17, 15) is 9.59 Å². The average Bonchev–Trinajstić information content (AvgIpc) is 2.71. The third-order valence-corrected chi connectivity index (χ3v) is 4.90. The molecule has 0 radical (unpaired) electrons. The Bertz CT molecular complexity index is 805. The second-order valence-electron chi connectivity index (χ2n) is 7.20. The van der Waals surface area contributed by atoms with Gasteiger partial charge in [0.05, 0.1) is 0 Å². The number of nitrogens with zero attached hydrogens (tertiary/aromatic N) is 1. The maximum atomic E-state index is 13.0. The highest BCUT2D eigenvalue weighted by molar-refractivity contribution is 5.88. The fraction of sp³-hybridized carbons (Fsp3) is 0.417. The monoisotopic (exact) mass is 396 g/mol. The zero-order chi connectivity index (χ0) is 21.2. The van der Waals surface area contributed by atoms with Crippen molar-refractivity contribution in [2.45, 2.75) is 46.6 Å². The first-order chi connectivity index (χ1) is 14.0. The summed E-state index contributed by atoms with van der Waals surface area (Å²) in [6.45, 7) is 8.70. The molecule has 0 heterocycles. The van der Waals surface area contributed by atoms with Gasteiger partial charge in [-0.3, -0.25) is 9.59 Å². The van der Waals surface area contributed by atoms with Crippen molar-refractivity contribution in [1.82, 2.24) is 10.2 Å². The van der Waals surface area contributed by atoms with Gasteiger partial charge in [-0.05, 0) is 50.8 Å². The standard InChI is InChI=1S/C24H32N2O3/c1-5-21(24(28)25-6-2)26(15-14-20-10-8-7-9-11-20)23(27)17-29-22-13-12-18(3)16-19(22)4/h7-13,16,21H,5-6,14-15,17H2,1-4H3,(H,25,28). The Morgan fingerprint density at radius 1 is 1.07 bits per heavy atom. The molecule has 0 saturated heterocycles. The van der Waals surface area contributed by atoms with E-state index < -0.39 is 6.04 Å². The Morgan fingerprint density at radius 2 is 1.79 bits per heavy atom. The third kappa shape index (κ3) is 6.63. The summed E-state index contributed by atoms with van der Waals surface area (Å²) in [5.41, 5.74) is 3.27. The van der Waals surface area contributed by atoms with Crippen molar-refractivity contribution in [1.29, 1.82) is 0 Å². The molecule has 1 atom stereocenters. The number of aryl methyl sites for hydroxylation is 2. The lowest BCUT2D eigenvalue weighted by atomic mass is 10.1.